The molecule has 0 aliphatic carbocycles. The summed E-state index contributed by atoms with van der Waals surface area (Å²) in [5.74, 6) is 0. The van der Waals surface area contributed by atoms with Crippen LogP contribution in [-0.4, -0.2) is 4.68 Å². The summed E-state index contributed by atoms with van der Waals surface area (Å²) in [6.45, 7) is 0.450. The third kappa shape index (κ3) is 3.05. The minimum absolute atomic E-state index is 0.399. The van der Waals surface area contributed by atoms with Crippen LogP contribution in [0.5, 0.6) is 0 Å². The number of allylic oxidation sites excluding steroid dienone is 1. The van der Waals surface area contributed by atoms with Crippen LogP contribution in [0, 0.1) is 16.5 Å². The highest BCUT2D eigenvalue weighted by atomic mass is 35.5. The molecular formula is C18H14ClN3O. The van der Waals surface area contributed by atoms with E-state index in [1.165, 1.54) is 4.68 Å². The second kappa shape index (κ2) is 6.55. The molecule has 114 valence electrons. The molecule has 0 saturated heterocycles. The van der Waals surface area contributed by atoms with Gasteiger partial charge in [-0.05, 0) is 30.2 Å². The Hall–Kier alpha value is -2.77. The molecule has 0 spiro atoms. The van der Waals surface area contributed by atoms with Crippen molar-refractivity contribution in [1.29, 1.82) is 5.26 Å². The molecule has 3 rings (SSSR count). The first-order valence-electron chi connectivity index (χ1n) is 7.24. The minimum atomic E-state index is 0.399. The molecule has 0 aliphatic rings. The number of nitrogens with zero attached hydrogens (tertiary/aromatic N) is 3. The van der Waals surface area contributed by atoms with Gasteiger partial charge in [0.15, 0.2) is 5.69 Å². The van der Waals surface area contributed by atoms with Crippen molar-refractivity contribution in [2.45, 2.75) is 13.0 Å². The molecule has 0 radical (unpaired) electrons. The summed E-state index contributed by atoms with van der Waals surface area (Å²) in [5, 5.41) is 23.0. The minimum Gasteiger partial charge on any atom is -0.595 e. The fraction of sp³-hybridized carbons (Fsp3) is 0.111. The fourth-order valence-corrected chi connectivity index (χ4v) is 2.64. The van der Waals surface area contributed by atoms with E-state index in [1.807, 2.05) is 42.5 Å². The van der Waals surface area contributed by atoms with E-state index in [-0.39, 0.29) is 0 Å². The van der Waals surface area contributed by atoms with E-state index >= 15 is 0 Å². The van der Waals surface area contributed by atoms with E-state index < -0.39 is 0 Å². The van der Waals surface area contributed by atoms with Gasteiger partial charge in [0.2, 0.25) is 0 Å². The predicted molar refractivity (Wildman–Crippen MR) is 90.7 cm³/mol. The van der Waals surface area contributed by atoms with Crippen LogP contribution in [0.3, 0.4) is 0 Å². The number of hydrogen-bond donors (Lipinski definition) is 0. The highest BCUT2D eigenvalue weighted by molar-refractivity contribution is 6.30. The summed E-state index contributed by atoms with van der Waals surface area (Å²) in [4.78, 5) is 0.796. The van der Waals surface area contributed by atoms with E-state index in [4.69, 9.17) is 11.6 Å². The van der Waals surface area contributed by atoms with Gasteiger partial charge in [-0.2, -0.15) is 5.26 Å². The lowest BCUT2D eigenvalue weighted by atomic mass is 10.2. The molecule has 0 bridgehead atoms. The average molecular weight is 324 g/mol. The maximum Gasteiger partial charge on any atom is 0.252 e. The Morgan fingerprint density at radius 2 is 1.91 bits per heavy atom. The SMILES string of the molecule is N#Cc1c2ccccc2[n+]([O-])n1CC/C=C\c1ccc(Cl)cc1. The lowest BCUT2D eigenvalue weighted by Gasteiger charge is -2.02. The van der Waals surface area contributed by atoms with Crippen LogP contribution in [0.25, 0.3) is 17.0 Å². The molecule has 2 aromatic carbocycles. The monoisotopic (exact) mass is 323 g/mol. The van der Waals surface area contributed by atoms with Gasteiger partial charge >= 0.3 is 0 Å². The Kier molecular flexibility index (Phi) is 4.31. The van der Waals surface area contributed by atoms with Crippen LogP contribution in [-0.2, 0) is 6.54 Å². The lowest BCUT2D eigenvalue weighted by molar-refractivity contribution is -0.670. The second-order valence-electron chi connectivity index (χ2n) is 5.12. The number of benzene rings is 2. The third-order valence-corrected chi connectivity index (χ3v) is 3.89. The van der Waals surface area contributed by atoms with Crippen molar-refractivity contribution in [2.24, 2.45) is 0 Å². The summed E-state index contributed by atoms with van der Waals surface area (Å²) < 4.78 is 1.47. The van der Waals surface area contributed by atoms with Gasteiger partial charge < -0.3 is 5.21 Å². The van der Waals surface area contributed by atoms with Crippen LogP contribution in [0.4, 0.5) is 0 Å². The summed E-state index contributed by atoms with van der Waals surface area (Å²) in [6.07, 6.45) is 4.61. The quantitative estimate of drug-likeness (QED) is 0.540. The number of rotatable bonds is 4. The molecule has 0 atom stereocenters. The molecule has 0 unspecified atom stereocenters. The van der Waals surface area contributed by atoms with Crippen molar-refractivity contribution in [3.8, 4) is 6.07 Å². The van der Waals surface area contributed by atoms with Gasteiger partial charge in [-0.3, -0.25) is 0 Å². The fourth-order valence-electron chi connectivity index (χ4n) is 2.51. The molecule has 0 saturated carbocycles. The van der Waals surface area contributed by atoms with E-state index in [9.17, 15) is 10.5 Å². The van der Waals surface area contributed by atoms with Gasteiger partial charge in [0.25, 0.3) is 5.52 Å². The Bertz CT molecular complexity index is 904. The zero-order valence-electron chi connectivity index (χ0n) is 12.3. The molecule has 0 fully saturated rings. The van der Waals surface area contributed by atoms with Crippen molar-refractivity contribution in [1.82, 2.24) is 4.68 Å². The summed E-state index contributed by atoms with van der Waals surface area (Å²) >= 11 is 5.85. The number of aromatic nitrogens is 2. The molecule has 0 N–H and O–H groups in total. The zero-order chi connectivity index (χ0) is 16.2. The third-order valence-electron chi connectivity index (χ3n) is 3.64. The summed E-state index contributed by atoms with van der Waals surface area (Å²) in [7, 11) is 0. The van der Waals surface area contributed by atoms with E-state index in [0.29, 0.717) is 34.6 Å². The van der Waals surface area contributed by atoms with Crippen LogP contribution in [0.15, 0.2) is 54.6 Å². The van der Waals surface area contributed by atoms with Gasteiger partial charge in [-0.25, -0.2) is 0 Å². The summed E-state index contributed by atoms with van der Waals surface area (Å²) in [5.41, 5.74) is 1.96. The maximum atomic E-state index is 12.3. The predicted octanol–water partition coefficient (Wildman–Crippen LogP) is 3.90. The molecule has 4 nitrogen and oxygen atoms in total. The number of fused-ring (bicyclic) bond motifs is 1. The van der Waals surface area contributed by atoms with E-state index in [2.05, 4.69) is 6.07 Å². The van der Waals surface area contributed by atoms with Crippen molar-refractivity contribution in [3.63, 3.8) is 0 Å². The van der Waals surface area contributed by atoms with E-state index in [1.54, 1.807) is 18.2 Å². The van der Waals surface area contributed by atoms with Crippen LogP contribution < -0.4 is 4.85 Å². The Morgan fingerprint density at radius 1 is 1.17 bits per heavy atom. The van der Waals surface area contributed by atoms with Gasteiger partial charge in [0.1, 0.15) is 6.07 Å². The van der Waals surface area contributed by atoms with Crippen molar-refractivity contribution in [3.05, 3.63) is 76.1 Å². The Balaban J connectivity index is 1.78. The zero-order valence-corrected chi connectivity index (χ0v) is 13.1. The standard InChI is InChI=1S/C18H14ClN3O/c19-15-10-8-14(9-11-15)5-3-4-12-21-18(13-20)16-6-1-2-7-17(16)22(21)23/h1-3,5-11H,4,12H2/b5-3-. The number of nitriles is 1. The Morgan fingerprint density at radius 3 is 2.65 bits per heavy atom. The van der Waals surface area contributed by atoms with Gasteiger partial charge in [0, 0.05) is 11.1 Å². The van der Waals surface area contributed by atoms with Gasteiger partial charge in [-0.15, -0.1) is 4.68 Å². The smallest absolute Gasteiger partial charge is 0.252 e. The number of halogens is 1. The topological polar surface area (TPSA) is 55.7 Å². The highest BCUT2D eigenvalue weighted by Crippen LogP contribution is 2.16. The largest absolute Gasteiger partial charge is 0.595 e. The Labute approximate surface area is 139 Å². The molecule has 23 heavy (non-hydrogen) atoms. The molecule has 0 amide bonds. The molecule has 1 heterocycles. The second-order valence-corrected chi connectivity index (χ2v) is 5.55. The first-order chi connectivity index (χ1) is 11.2. The molecular weight excluding hydrogens is 310 g/mol. The average Bonchev–Trinajstić information content (AvgIpc) is 2.85. The number of hydrogen-bond acceptors (Lipinski definition) is 2. The normalized spacial score (nSPS) is 11.1. The van der Waals surface area contributed by atoms with Gasteiger partial charge in [0.05, 0.1) is 11.9 Å². The first kappa shape index (κ1) is 15.1. The number of para-hydroxylation sites is 1. The lowest BCUT2D eigenvalue weighted by Crippen LogP contribution is -2.38. The van der Waals surface area contributed by atoms with Crippen LogP contribution in [0.1, 0.15) is 17.7 Å². The molecule has 5 heteroatoms. The maximum absolute atomic E-state index is 12.3. The van der Waals surface area contributed by atoms with Gasteiger partial charge in [-0.1, -0.05) is 52.9 Å². The van der Waals surface area contributed by atoms with Crippen molar-refractivity contribution < 1.29 is 4.85 Å². The van der Waals surface area contributed by atoms with Crippen LogP contribution >= 0.6 is 11.6 Å². The molecule has 3 aromatic rings. The first-order valence-corrected chi connectivity index (χ1v) is 7.62. The molecule has 0 aliphatic heterocycles. The van der Waals surface area contributed by atoms with Crippen molar-refractivity contribution >= 4 is 28.6 Å². The van der Waals surface area contributed by atoms with E-state index in [0.717, 1.165) is 10.4 Å². The van der Waals surface area contributed by atoms with Crippen molar-refractivity contribution in [2.75, 3.05) is 0 Å². The molecule has 1 aromatic heterocycles. The summed E-state index contributed by atoms with van der Waals surface area (Å²) in [6, 6.07) is 16.8. The van der Waals surface area contributed by atoms with Crippen LogP contribution in [0.2, 0.25) is 5.02 Å². The highest BCUT2D eigenvalue weighted by Gasteiger charge is 2.18.